The summed E-state index contributed by atoms with van der Waals surface area (Å²) in [6, 6.07) is 0. The molecule has 3 nitrogen and oxygen atoms in total. The van der Waals surface area contributed by atoms with Crippen LogP contribution in [-0.2, 0) is 19.3 Å². The van der Waals surface area contributed by atoms with E-state index in [1.165, 1.54) is 0 Å². The standard InChI is InChI=1S/C12H14ClNO2/c1-2-8-11(13)10(12(15)16)7-5-3-4-6-9(7)14-8/h2-6H2,1H3,(H,15,16). The number of aromatic nitrogens is 1. The number of carbonyl (C=O) groups is 1. The third kappa shape index (κ3) is 1.80. The highest BCUT2D eigenvalue weighted by Gasteiger charge is 2.24. The summed E-state index contributed by atoms with van der Waals surface area (Å²) in [5.41, 5.74) is 2.77. The molecule has 0 saturated heterocycles. The Balaban J connectivity index is 2.67. The van der Waals surface area contributed by atoms with Crippen LogP contribution < -0.4 is 0 Å². The van der Waals surface area contributed by atoms with Gasteiger partial charge in [-0.25, -0.2) is 4.79 Å². The number of carboxylic acid groups (broad SMARTS) is 1. The second-order valence-corrected chi connectivity index (χ2v) is 4.42. The predicted molar refractivity (Wildman–Crippen MR) is 62.2 cm³/mol. The van der Waals surface area contributed by atoms with E-state index in [0.29, 0.717) is 17.1 Å². The van der Waals surface area contributed by atoms with Gasteiger partial charge in [0.25, 0.3) is 0 Å². The minimum atomic E-state index is -0.930. The summed E-state index contributed by atoms with van der Waals surface area (Å²) in [7, 11) is 0. The van der Waals surface area contributed by atoms with Gasteiger partial charge in [0.05, 0.1) is 16.3 Å². The lowest BCUT2D eigenvalue weighted by atomic mass is 9.91. The first kappa shape index (κ1) is 11.4. The van der Waals surface area contributed by atoms with Crippen molar-refractivity contribution in [2.45, 2.75) is 39.0 Å². The molecule has 1 N–H and O–H groups in total. The molecule has 0 fully saturated rings. The second kappa shape index (κ2) is 4.42. The summed E-state index contributed by atoms with van der Waals surface area (Å²) in [4.78, 5) is 15.7. The highest BCUT2D eigenvalue weighted by molar-refractivity contribution is 6.34. The maximum atomic E-state index is 11.2. The van der Waals surface area contributed by atoms with E-state index >= 15 is 0 Å². The predicted octanol–water partition coefficient (Wildman–Crippen LogP) is 2.87. The van der Waals surface area contributed by atoms with E-state index in [1.807, 2.05) is 6.92 Å². The first-order chi connectivity index (χ1) is 7.65. The van der Waals surface area contributed by atoms with Crippen LogP contribution in [0.5, 0.6) is 0 Å². The van der Waals surface area contributed by atoms with Gasteiger partial charge in [0.1, 0.15) is 0 Å². The molecule has 0 atom stereocenters. The summed E-state index contributed by atoms with van der Waals surface area (Å²) < 4.78 is 0. The van der Waals surface area contributed by atoms with E-state index in [1.54, 1.807) is 0 Å². The van der Waals surface area contributed by atoms with Crippen LogP contribution in [-0.4, -0.2) is 16.1 Å². The van der Waals surface area contributed by atoms with Crippen molar-refractivity contribution >= 4 is 17.6 Å². The number of rotatable bonds is 2. The lowest BCUT2D eigenvalue weighted by Crippen LogP contribution is -2.15. The quantitative estimate of drug-likeness (QED) is 0.863. The van der Waals surface area contributed by atoms with Crippen LogP contribution in [0.15, 0.2) is 0 Å². The van der Waals surface area contributed by atoms with Gasteiger partial charge in [0.15, 0.2) is 0 Å². The number of aromatic carboxylic acids is 1. The molecule has 0 aromatic carbocycles. The van der Waals surface area contributed by atoms with Crippen molar-refractivity contribution in [2.75, 3.05) is 0 Å². The lowest BCUT2D eigenvalue weighted by Gasteiger charge is -2.19. The summed E-state index contributed by atoms with van der Waals surface area (Å²) in [5, 5.41) is 9.56. The molecule has 0 amide bonds. The van der Waals surface area contributed by atoms with Crippen LogP contribution in [0, 0.1) is 0 Å². The molecule has 0 bridgehead atoms. The summed E-state index contributed by atoms with van der Waals surface area (Å²) in [6.45, 7) is 1.94. The fourth-order valence-corrected chi connectivity index (χ4v) is 2.60. The Labute approximate surface area is 99.5 Å². The number of nitrogens with zero attached hydrogens (tertiary/aromatic N) is 1. The molecule has 0 aliphatic heterocycles. The van der Waals surface area contributed by atoms with Gasteiger partial charge in [-0.2, -0.15) is 0 Å². The van der Waals surface area contributed by atoms with Crippen molar-refractivity contribution in [1.82, 2.24) is 4.98 Å². The molecule has 0 radical (unpaired) electrons. The van der Waals surface area contributed by atoms with Crippen molar-refractivity contribution in [3.63, 3.8) is 0 Å². The largest absolute Gasteiger partial charge is 0.478 e. The van der Waals surface area contributed by atoms with Crippen molar-refractivity contribution in [3.05, 3.63) is 27.5 Å². The Morgan fingerprint density at radius 1 is 1.44 bits per heavy atom. The zero-order valence-corrected chi connectivity index (χ0v) is 9.97. The van der Waals surface area contributed by atoms with E-state index < -0.39 is 5.97 Å². The van der Waals surface area contributed by atoms with Crippen molar-refractivity contribution in [1.29, 1.82) is 0 Å². The van der Waals surface area contributed by atoms with Gasteiger partial charge in [-0.15, -0.1) is 0 Å². The van der Waals surface area contributed by atoms with Gasteiger partial charge < -0.3 is 5.11 Å². The molecule has 0 unspecified atom stereocenters. The van der Waals surface area contributed by atoms with Gasteiger partial charge in [0, 0.05) is 5.69 Å². The fourth-order valence-electron chi connectivity index (χ4n) is 2.23. The lowest BCUT2D eigenvalue weighted by molar-refractivity contribution is 0.0695. The first-order valence-electron chi connectivity index (χ1n) is 5.58. The monoisotopic (exact) mass is 239 g/mol. The third-order valence-corrected chi connectivity index (χ3v) is 3.44. The Kier molecular flexibility index (Phi) is 3.15. The molecule has 16 heavy (non-hydrogen) atoms. The maximum Gasteiger partial charge on any atom is 0.337 e. The van der Waals surface area contributed by atoms with Crippen LogP contribution in [0.4, 0.5) is 0 Å². The summed E-state index contributed by atoms with van der Waals surface area (Å²) in [6.07, 6.45) is 4.44. The Hall–Kier alpha value is -1.09. The molecule has 1 aromatic heterocycles. The molecule has 4 heteroatoms. The number of halogens is 1. The number of hydrogen-bond acceptors (Lipinski definition) is 2. The average molecular weight is 240 g/mol. The topological polar surface area (TPSA) is 50.2 Å². The number of carboxylic acids is 1. The summed E-state index contributed by atoms with van der Waals surface area (Å²) in [5.74, 6) is -0.930. The van der Waals surface area contributed by atoms with Crippen LogP contribution in [0.3, 0.4) is 0 Å². The van der Waals surface area contributed by atoms with Gasteiger partial charge >= 0.3 is 5.97 Å². The van der Waals surface area contributed by atoms with Gasteiger partial charge in [-0.1, -0.05) is 18.5 Å². The van der Waals surface area contributed by atoms with E-state index in [9.17, 15) is 9.90 Å². The molecule has 0 saturated carbocycles. The number of fused-ring (bicyclic) bond motifs is 1. The van der Waals surface area contributed by atoms with Crippen molar-refractivity contribution in [2.24, 2.45) is 0 Å². The van der Waals surface area contributed by atoms with Gasteiger partial charge in [0.2, 0.25) is 0 Å². The van der Waals surface area contributed by atoms with Crippen molar-refractivity contribution < 1.29 is 9.90 Å². The SMILES string of the molecule is CCc1nc2c(c(C(=O)O)c1Cl)CCCC2. The minimum absolute atomic E-state index is 0.281. The maximum absolute atomic E-state index is 11.2. The highest BCUT2D eigenvalue weighted by atomic mass is 35.5. The smallest absolute Gasteiger partial charge is 0.337 e. The summed E-state index contributed by atoms with van der Waals surface area (Å²) >= 11 is 6.10. The van der Waals surface area contributed by atoms with E-state index in [2.05, 4.69) is 4.98 Å². The second-order valence-electron chi connectivity index (χ2n) is 4.04. The zero-order valence-electron chi connectivity index (χ0n) is 9.22. The number of pyridine rings is 1. The van der Waals surface area contributed by atoms with E-state index in [-0.39, 0.29) is 5.56 Å². The molecule has 1 heterocycles. The highest BCUT2D eigenvalue weighted by Crippen LogP contribution is 2.30. The van der Waals surface area contributed by atoms with Crippen LogP contribution in [0.2, 0.25) is 5.02 Å². The first-order valence-corrected chi connectivity index (χ1v) is 5.96. The molecule has 1 aliphatic carbocycles. The molecule has 1 aliphatic rings. The molecule has 2 rings (SSSR count). The van der Waals surface area contributed by atoms with Crippen molar-refractivity contribution in [3.8, 4) is 0 Å². The minimum Gasteiger partial charge on any atom is -0.478 e. The molecule has 86 valence electrons. The molecule has 1 aromatic rings. The van der Waals surface area contributed by atoms with E-state index in [4.69, 9.17) is 11.6 Å². The van der Waals surface area contributed by atoms with E-state index in [0.717, 1.165) is 36.9 Å². The zero-order chi connectivity index (χ0) is 11.7. The Bertz CT molecular complexity index is 443. The van der Waals surface area contributed by atoms with Crippen LogP contribution in [0.1, 0.15) is 47.1 Å². The Morgan fingerprint density at radius 2 is 2.12 bits per heavy atom. The molecular formula is C12H14ClNO2. The van der Waals surface area contributed by atoms with Crippen LogP contribution in [0.25, 0.3) is 0 Å². The average Bonchev–Trinajstić information content (AvgIpc) is 2.27. The molecule has 0 spiro atoms. The fraction of sp³-hybridized carbons (Fsp3) is 0.500. The third-order valence-electron chi connectivity index (χ3n) is 3.03. The number of aryl methyl sites for hydroxylation is 2. The van der Waals surface area contributed by atoms with Gasteiger partial charge in [-0.3, -0.25) is 4.98 Å². The normalized spacial score (nSPS) is 14.6. The number of hydrogen-bond donors (Lipinski definition) is 1. The van der Waals surface area contributed by atoms with Gasteiger partial charge in [-0.05, 0) is 37.7 Å². The Morgan fingerprint density at radius 3 is 2.75 bits per heavy atom. The van der Waals surface area contributed by atoms with Crippen LogP contribution >= 0.6 is 11.6 Å². The molecular weight excluding hydrogens is 226 g/mol.